The maximum Gasteiger partial charge on any atom is 0.343 e. The Bertz CT molecular complexity index is 939. The second-order valence-electron chi connectivity index (χ2n) is 10.5. The van der Waals surface area contributed by atoms with Crippen LogP contribution < -0.4 is 9.47 Å². The van der Waals surface area contributed by atoms with Crippen molar-refractivity contribution in [3.05, 3.63) is 53.6 Å². The fourth-order valence-electron chi connectivity index (χ4n) is 4.48. The van der Waals surface area contributed by atoms with Crippen LogP contribution in [-0.2, 0) is 0 Å². The van der Waals surface area contributed by atoms with Crippen molar-refractivity contribution in [3.63, 3.8) is 0 Å². The third-order valence-electron chi connectivity index (χ3n) is 6.94. The lowest BCUT2D eigenvalue weighted by atomic mass is 10.1. The molecule has 0 spiro atoms. The largest absolute Gasteiger partial charge is 0.507 e. The maximum atomic E-state index is 12.5. The normalized spacial score (nSPS) is 11.2. The Morgan fingerprint density at radius 3 is 1.85 bits per heavy atom. The van der Waals surface area contributed by atoms with Crippen LogP contribution in [0.15, 0.2) is 47.5 Å². The van der Waals surface area contributed by atoms with Crippen molar-refractivity contribution in [3.8, 4) is 17.2 Å². The van der Waals surface area contributed by atoms with E-state index in [2.05, 4.69) is 18.8 Å². The van der Waals surface area contributed by atoms with Crippen molar-refractivity contribution in [2.45, 2.75) is 117 Å². The monoisotopic (exact) mass is 537 g/mol. The van der Waals surface area contributed by atoms with Crippen molar-refractivity contribution in [2.75, 3.05) is 13.2 Å². The number of hydrogen-bond acceptors (Lipinski definition) is 5. The first-order valence-corrected chi connectivity index (χ1v) is 15.4. The van der Waals surface area contributed by atoms with Gasteiger partial charge in [-0.25, -0.2) is 4.79 Å². The zero-order chi connectivity index (χ0) is 28.0. The molecule has 0 aromatic heterocycles. The van der Waals surface area contributed by atoms with E-state index in [-0.39, 0.29) is 5.75 Å². The highest BCUT2D eigenvalue weighted by Crippen LogP contribution is 2.24. The molecule has 216 valence electrons. The van der Waals surface area contributed by atoms with Gasteiger partial charge in [0.25, 0.3) is 0 Å². The molecule has 2 aromatic rings. The van der Waals surface area contributed by atoms with Gasteiger partial charge in [0.15, 0.2) is 0 Å². The molecule has 0 atom stereocenters. The first kappa shape index (κ1) is 32.4. The van der Waals surface area contributed by atoms with Crippen LogP contribution in [0.2, 0.25) is 0 Å². The summed E-state index contributed by atoms with van der Waals surface area (Å²) in [5.41, 5.74) is 1.05. The Morgan fingerprint density at radius 1 is 0.718 bits per heavy atom. The molecule has 0 bridgehead atoms. The Kier molecular flexibility index (Phi) is 17.5. The average Bonchev–Trinajstić information content (AvgIpc) is 2.94. The summed E-state index contributed by atoms with van der Waals surface area (Å²) < 4.78 is 11.3. The molecule has 0 amide bonds. The van der Waals surface area contributed by atoms with Crippen LogP contribution in [-0.4, -0.2) is 30.4 Å². The van der Waals surface area contributed by atoms with Gasteiger partial charge in [0.05, 0.1) is 12.2 Å². The summed E-state index contributed by atoms with van der Waals surface area (Å²) in [5.74, 6) is 0.625. The number of carbonyl (C=O) groups is 1. The van der Waals surface area contributed by atoms with Crippen molar-refractivity contribution in [1.82, 2.24) is 0 Å². The van der Waals surface area contributed by atoms with Gasteiger partial charge in [-0.3, -0.25) is 4.99 Å². The molecular weight excluding hydrogens is 486 g/mol. The third-order valence-corrected chi connectivity index (χ3v) is 6.94. The fourth-order valence-corrected chi connectivity index (χ4v) is 4.48. The summed E-state index contributed by atoms with van der Waals surface area (Å²) in [4.78, 5) is 17.0. The Balaban J connectivity index is 1.65. The second kappa shape index (κ2) is 21.1. The van der Waals surface area contributed by atoms with E-state index >= 15 is 0 Å². The predicted molar refractivity (Wildman–Crippen MR) is 163 cm³/mol. The standard InChI is InChI=1S/C34H51NO4/c1-3-5-7-9-11-13-15-17-25-35-28-30-21-24-32(27-33(30)36)39-34(37)29-19-22-31(23-20-29)38-26-18-16-14-12-10-8-6-4-2/h19-24,27-28,36H,3-18,25-26H2,1-2H3. The minimum absolute atomic E-state index is 0.0460. The lowest BCUT2D eigenvalue weighted by Gasteiger charge is -2.08. The summed E-state index contributed by atoms with van der Waals surface area (Å²) in [6, 6.07) is 11.9. The summed E-state index contributed by atoms with van der Waals surface area (Å²) in [7, 11) is 0. The molecule has 1 N–H and O–H groups in total. The predicted octanol–water partition coefficient (Wildman–Crippen LogP) is 9.69. The number of rotatable bonds is 22. The Morgan fingerprint density at radius 2 is 1.26 bits per heavy atom. The molecule has 2 rings (SSSR count). The van der Waals surface area contributed by atoms with E-state index in [9.17, 15) is 9.90 Å². The minimum Gasteiger partial charge on any atom is -0.507 e. The number of hydrogen-bond donors (Lipinski definition) is 1. The van der Waals surface area contributed by atoms with Gasteiger partial charge in [-0.1, -0.05) is 104 Å². The van der Waals surface area contributed by atoms with Gasteiger partial charge in [0, 0.05) is 24.4 Å². The SMILES string of the molecule is CCCCCCCCCCN=Cc1ccc(OC(=O)c2ccc(OCCCCCCCCCC)cc2)cc1O. The first-order valence-electron chi connectivity index (χ1n) is 15.4. The quantitative estimate of drug-likeness (QED) is 0.0702. The van der Waals surface area contributed by atoms with E-state index in [0.29, 0.717) is 23.5 Å². The van der Waals surface area contributed by atoms with Crippen LogP contribution in [0.1, 0.15) is 133 Å². The number of phenolic OH excluding ortho intramolecular Hbond substituents is 1. The molecule has 2 aromatic carbocycles. The minimum atomic E-state index is -0.472. The van der Waals surface area contributed by atoms with E-state index in [0.717, 1.165) is 25.1 Å². The molecule has 0 aliphatic heterocycles. The number of aromatic hydroxyl groups is 1. The number of aliphatic imine (C=N–C) groups is 1. The molecule has 0 fully saturated rings. The molecule has 0 saturated heterocycles. The van der Waals surface area contributed by atoms with E-state index < -0.39 is 5.97 Å². The molecule has 5 heteroatoms. The molecule has 5 nitrogen and oxygen atoms in total. The number of nitrogens with zero attached hydrogens (tertiary/aromatic N) is 1. The van der Waals surface area contributed by atoms with E-state index in [1.807, 2.05) is 0 Å². The highest BCUT2D eigenvalue weighted by molar-refractivity contribution is 5.91. The fraction of sp³-hybridized carbons (Fsp3) is 0.588. The molecule has 0 aliphatic carbocycles. The Labute approximate surface area is 237 Å². The first-order chi connectivity index (χ1) is 19.1. The molecule has 39 heavy (non-hydrogen) atoms. The number of carbonyl (C=O) groups excluding carboxylic acids is 1. The smallest absolute Gasteiger partial charge is 0.343 e. The van der Waals surface area contributed by atoms with Crippen LogP contribution in [0.3, 0.4) is 0 Å². The van der Waals surface area contributed by atoms with E-state index in [1.54, 1.807) is 42.6 Å². The van der Waals surface area contributed by atoms with Crippen LogP contribution >= 0.6 is 0 Å². The molecule has 0 saturated carbocycles. The van der Waals surface area contributed by atoms with Gasteiger partial charge in [-0.15, -0.1) is 0 Å². The van der Waals surface area contributed by atoms with Crippen molar-refractivity contribution in [2.24, 2.45) is 4.99 Å². The van der Waals surface area contributed by atoms with E-state index in [1.165, 1.54) is 96.0 Å². The van der Waals surface area contributed by atoms with Gasteiger partial charge in [-0.05, 0) is 49.2 Å². The zero-order valence-corrected chi connectivity index (χ0v) is 24.5. The maximum absolute atomic E-state index is 12.5. The average molecular weight is 538 g/mol. The highest BCUT2D eigenvalue weighted by Gasteiger charge is 2.10. The topological polar surface area (TPSA) is 68.1 Å². The number of phenols is 1. The Hall–Kier alpha value is -2.82. The molecular formula is C34H51NO4. The van der Waals surface area contributed by atoms with E-state index in [4.69, 9.17) is 9.47 Å². The molecule has 0 unspecified atom stereocenters. The van der Waals surface area contributed by atoms with Gasteiger partial charge in [0.2, 0.25) is 0 Å². The summed E-state index contributed by atoms with van der Waals surface area (Å²) in [5, 5.41) is 10.3. The van der Waals surface area contributed by atoms with Crippen molar-refractivity contribution < 1.29 is 19.4 Å². The van der Waals surface area contributed by atoms with Crippen molar-refractivity contribution >= 4 is 12.2 Å². The molecule has 0 radical (unpaired) electrons. The number of benzene rings is 2. The number of esters is 1. The number of ether oxygens (including phenoxy) is 2. The van der Waals surface area contributed by atoms with Gasteiger partial charge < -0.3 is 14.6 Å². The van der Waals surface area contributed by atoms with Crippen LogP contribution in [0.5, 0.6) is 17.2 Å². The zero-order valence-electron chi connectivity index (χ0n) is 24.5. The summed E-state index contributed by atoms with van der Waals surface area (Å²) in [6.07, 6.45) is 21.9. The molecule has 0 aliphatic rings. The van der Waals surface area contributed by atoms with Crippen LogP contribution in [0, 0.1) is 0 Å². The van der Waals surface area contributed by atoms with Gasteiger partial charge in [-0.2, -0.15) is 0 Å². The lowest BCUT2D eigenvalue weighted by Crippen LogP contribution is -2.08. The highest BCUT2D eigenvalue weighted by atomic mass is 16.5. The number of unbranched alkanes of at least 4 members (excludes halogenated alkanes) is 14. The van der Waals surface area contributed by atoms with Gasteiger partial charge >= 0.3 is 5.97 Å². The second-order valence-corrected chi connectivity index (χ2v) is 10.5. The summed E-state index contributed by atoms with van der Waals surface area (Å²) >= 11 is 0. The summed E-state index contributed by atoms with van der Waals surface area (Å²) in [6.45, 7) is 5.92. The van der Waals surface area contributed by atoms with Crippen molar-refractivity contribution in [1.29, 1.82) is 0 Å². The van der Waals surface area contributed by atoms with Crippen LogP contribution in [0.25, 0.3) is 0 Å². The van der Waals surface area contributed by atoms with Gasteiger partial charge in [0.1, 0.15) is 17.2 Å². The van der Waals surface area contributed by atoms with Crippen LogP contribution in [0.4, 0.5) is 0 Å². The molecule has 0 heterocycles. The third kappa shape index (κ3) is 14.8. The lowest BCUT2D eigenvalue weighted by molar-refractivity contribution is 0.0734.